The molecule has 4 rings (SSSR count). The number of esters is 1. The molecule has 1 aromatic rings. The summed E-state index contributed by atoms with van der Waals surface area (Å²) in [5.41, 5.74) is -3.05. The van der Waals surface area contributed by atoms with Crippen LogP contribution in [-0.2, 0) is 44.5 Å². The highest BCUT2D eigenvalue weighted by Crippen LogP contribution is 2.41. The minimum atomic E-state index is -1.94. The maximum atomic E-state index is 14.4. The number of hydrogen-bond acceptors (Lipinski definition) is 15. The number of methoxy groups -OCH3 is 1. The van der Waals surface area contributed by atoms with Crippen molar-refractivity contribution in [3.63, 3.8) is 0 Å². The van der Waals surface area contributed by atoms with Gasteiger partial charge in [-0.25, -0.2) is 0 Å². The fourth-order valence-electron chi connectivity index (χ4n) is 10.0. The van der Waals surface area contributed by atoms with E-state index in [1.165, 1.54) is 19.6 Å². The van der Waals surface area contributed by atoms with Gasteiger partial charge in [0.2, 0.25) is 0 Å². The number of nitrogens with zero attached hydrogens (tertiary/aromatic N) is 2. The lowest BCUT2D eigenvalue weighted by molar-refractivity contribution is -0.317. The standard InChI is InChI=1S/C48H82N2O13/c1-14-36-48(10,56)41(52)30(4)38(49-58-24-20-16-19-23-34-21-17-15-18-22-34)28(2)26-46(8,55)43(63-45-39(51)35(50(11)12)25-29(3)59-45)31(5)40(32(6)44(54)61-36)62-37-27-47(9,57-13)42(53)33(7)60-37/h15,17-18,21-22,28-33,35-37,39-43,45,51-53,55-56H,14,16,19-20,23-27H2,1-13H3/b49-38+/t28-,29-,30-,31+,32-,33+,35+,36+,37?,39-,40+,41-,42+,43-,45+,46?,47-,48-/m1/s1. The van der Waals surface area contributed by atoms with Crippen molar-refractivity contribution in [2.24, 2.45) is 28.8 Å². The molecule has 0 aliphatic carbocycles. The number of benzene rings is 1. The highest BCUT2D eigenvalue weighted by Gasteiger charge is 2.53. The first-order valence-corrected chi connectivity index (χ1v) is 23.2. The molecule has 3 fully saturated rings. The second-order valence-corrected chi connectivity index (χ2v) is 19.7. The van der Waals surface area contributed by atoms with Gasteiger partial charge in [0.1, 0.15) is 30.5 Å². The number of carbonyl (C=O) groups is 1. The van der Waals surface area contributed by atoms with Crippen molar-refractivity contribution in [2.75, 3.05) is 27.8 Å². The lowest BCUT2D eigenvalue weighted by atomic mass is 9.73. The third-order valence-corrected chi connectivity index (χ3v) is 14.1. The van der Waals surface area contributed by atoms with Crippen LogP contribution in [0, 0.1) is 23.7 Å². The molecule has 3 aliphatic rings. The number of likely N-dealkylation sites (N-methyl/N-ethyl adjacent to an activating group) is 1. The van der Waals surface area contributed by atoms with E-state index in [9.17, 15) is 30.3 Å². The molecule has 0 aromatic heterocycles. The van der Waals surface area contributed by atoms with E-state index in [0.29, 0.717) is 18.7 Å². The van der Waals surface area contributed by atoms with Gasteiger partial charge < -0.3 is 63.7 Å². The first kappa shape index (κ1) is 53.3. The number of unbranched alkanes of at least 4 members (excludes halogenated alkanes) is 2. The molecular weight excluding hydrogens is 813 g/mol. The average Bonchev–Trinajstić information content (AvgIpc) is 3.23. The first-order chi connectivity index (χ1) is 29.5. The minimum Gasteiger partial charge on any atom is -0.459 e. The minimum absolute atomic E-state index is 0.0175. The molecule has 0 spiro atoms. The van der Waals surface area contributed by atoms with Crippen molar-refractivity contribution in [3.05, 3.63) is 35.9 Å². The molecule has 15 nitrogen and oxygen atoms in total. The Hall–Kier alpha value is -2.28. The number of ether oxygens (including phenoxy) is 6. The second kappa shape index (κ2) is 23.0. The van der Waals surface area contributed by atoms with Crippen molar-refractivity contribution in [2.45, 2.75) is 205 Å². The van der Waals surface area contributed by atoms with E-state index in [2.05, 4.69) is 17.3 Å². The van der Waals surface area contributed by atoms with Crippen LogP contribution in [0.3, 0.4) is 0 Å². The number of cyclic esters (lactones) is 1. The molecule has 18 atom stereocenters. The number of oxime groups is 1. The lowest BCUT2D eigenvalue weighted by Gasteiger charge is -2.49. The van der Waals surface area contributed by atoms with Crippen molar-refractivity contribution in [1.29, 1.82) is 0 Å². The second-order valence-electron chi connectivity index (χ2n) is 19.7. The number of carbonyl (C=O) groups excluding carboxylic acids is 1. The SMILES string of the molecule is CC[C@@H]1OC(=O)[C@H](C)[C@@H](OC2C[C@@](C)(OC)[C@@H](O)[C@H](C)O2)[C@H](C)[C@@H](O[C@@H]2O[C@H](C)C[C@H](N(C)C)[C@H]2O)C(C)(O)C[C@@H](C)/C(=N\OCCCCCc2ccccc2)[C@@H](C)[C@@H](O)[C@]1(C)O. The third kappa shape index (κ3) is 13.2. The fourth-order valence-corrected chi connectivity index (χ4v) is 10.0. The summed E-state index contributed by atoms with van der Waals surface area (Å²) in [5, 5.41) is 64.3. The molecule has 0 bridgehead atoms. The van der Waals surface area contributed by atoms with Gasteiger partial charge in [0, 0.05) is 37.3 Å². The van der Waals surface area contributed by atoms with Gasteiger partial charge in [-0.3, -0.25) is 4.79 Å². The molecule has 0 saturated carbocycles. The van der Waals surface area contributed by atoms with Crippen LogP contribution in [0.4, 0.5) is 0 Å². The van der Waals surface area contributed by atoms with Crippen molar-refractivity contribution in [1.82, 2.24) is 4.90 Å². The Labute approximate surface area is 376 Å². The van der Waals surface area contributed by atoms with Crippen LogP contribution in [0.25, 0.3) is 0 Å². The number of hydrogen-bond donors (Lipinski definition) is 5. The Balaban J connectivity index is 1.77. The van der Waals surface area contributed by atoms with E-state index >= 15 is 0 Å². The van der Waals surface area contributed by atoms with Crippen LogP contribution in [0.2, 0.25) is 0 Å². The molecule has 3 heterocycles. The Morgan fingerprint density at radius 2 is 1.54 bits per heavy atom. The number of rotatable bonds is 14. The van der Waals surface area contributed by atoms with Gasteiger partial charge in [0.15, 0.2) is 12.6 Å². The van der Waals surface area contributed by atoms with Crippen molar-refractivity contribution in [3.8, 4) is 0 Å². The molecular formula is C48H82N2O13. The number of aryl methyl sites for hydroxylation is 1. The van der Waals surface area contributed by atoms with Crippen LogP contribution in [-0.4, -0.2) is 154 Å². The van der Waals surface area contributed by atoms with Gasteiger partial charge in [0.05, 0.1) is 53.4 Å². The molecule has 1 aromatic carbocycles. The molecule has 5 N–H and O–H groups in total. The maximum Gasteiger partial charge on any atom is 0.311 e. The Kier molecular flexibility index (Phi) is 19.4. The Bertz CT molecular complexity index is 1580. The van der Waals surface area contributed by atoms with Crippen molar-refractivity contribution < 1.29 is 63.6 Å². The summed E-state index contributed by atoms with van der Waals surface area (Å²) in [6.45, 7) is 17.6. The number of aliphatic hydroxyl groups is 5. The van der Waals surface area contributed by atoms with Gasteiger partial charge >= 0.3 is 5.97 Å². The molecule has 2 unspecified atom stereocenters. The zero-order chi connectivity index (χ0) is 47.0. The summed E-state index contributed by atoms with van der Waals surface area (Å²) in [6, 6.07) is 9.98. The average molecular weight is 895 g/mol. The monoisotopic (exact) mass is 895 g/mol. The topological polar surface area (TPSA) is 198 Å². The van der Waals surface area contributed by atoms with Gasteiger partial charge in [-0.15, -0.1) is 0 Å². The van der Waals surface area contributed by atoms with Crippen LogP contribution in [0.1, 0.15) is 120 Å². The van der Waals surface area contributed by atoms with E-state index in [4.69, 9.17) is 33.3 Å². The molecule has 0 radical (unpaired) electrons. The Morgan fingerprint density at radius 1 is 0.873 bits per heavy atom. The summed E-state index contributed by atoms with van der Waals surface area (Å²) in [5.74, 6) is -3.97. The molecule has 63 heavy (non-hydrogen) atoms. The smallest absolute Gasteiger partial charge is 0.311 e. The zero-order valence-electron chi connectivity index (χ0n) is 40.3. The third-order valence-electron chi connectivity index (χ3n) is 14.1. The quantitative estimate of drug-likeness (QED) is 0.0950. The predicted octanol–water partition coefficient (Wildman–Crippen LogP) is 5.00. The summed E-state index contributed by atoms with van der Waals surface area (Å²) in [4.78, 5) is 22.3. The van der Waals surface area contributed by atoms with Gasteiger partial charge in [0.25, 0.3) is 0 Å². The summed E-state index contributed by atoms with van der Waals surface area (Å²) < 4.78 is 37.9. The predicted molar refractivity (Wildman–Crippen MR) is 239 cm³/mol. The maximum absolute atomic E-state index is 14.4. The molecule has 0 amide bonds. The van der Waals surface area contributed by atoms with Gasteiger partial charge in [-0.1, -0.05) is 63.2 Å². The normalized spacial score (nSPS) is 43.1. The van der Waals surface area contributed by atoms with E-state index in [1.807, 2.05) is 51.0 Å². The number of aliphatic hydroxyl groups excluding tert-OH is 3. The molecule has 3 saturated heterocycles. The largest absolute Gasteiger partial charge is 0.459 e. The molecule has 3 aliphatic heterocycles. The van der Waals surface area contributed by atoms with Crippen molar-refractivity contribution >= 4 is 11.7 Å². The molecule has 15 heteroatoms. The highest BCUT2D eigenvalue weighted by molar-refractivity contribution is 5.88. The van der Waals surface area contributed by atoms with Gasteiger partial charge in [-0.05, 0) is 106 Å². The summed E-state index contributed by atoms with van der Waals surface area (Å²) in [7, 11) is 5.26. The Morgan fingerprint density at radius 3 is 2.16 bits per heavy atom. The summed E-state index contributed by atoms with van der Waals surface area (Å²) in [6.07, 6.45) is -5.63. The summed E-state index contributed by atoms with van der Waals surface area (Å²) >= 11 is 0. The first-order valence-electron chi connectivity index (χ1n) is 23.2. The van der Waals surface area contributed by atoms with E-state index in [0.717, 1.165) is 25.7 Å². The van der Waals surface area contributed by atoms with Crippen LogP contribution in [0.15, 0.2) is 35.5 Å². The van der Waals surface area contributed by atoms with Crippen LogP contribution < -0.4 is 0 Å². The highest BCUT2D eigenvalue weighted by atomic mass is 16.7. The van der Waals surface area contributed by atoms with E-state index < -0.39 is 102 Å². The van der Waals surface area contributed by atoms with E-state index in [1.54, 1.807) is 48.5 Å². The van der Waals surface area contributed by atoms with Gasteiger partial charge in [-0.2, -0.15) is 0 Å². The zero-order valence-corrected chi connectivity index (χ0v) is 40.3. The fraction of sp³-hybridized carbons (Fsp3) is 0.833. The van der Waals surface area contributed by atoms with Crippen LogP contribution in [0.5, 0.6) is 0 Å². The molecule has 362 valence electrons. The van der Waals surface area contributed by atoms with E-state index in [-0.39, 0.29) is 31.4 Å². The van der Waals surface area contributed by atoms with Crippen LogP contribution >= 0.6 is 0 Å². The lowest BCUT2D eigenvalue weighted by Crippen LogP contribution is -2.61.